The van der Waals surface area contributed by atoms with Gasteiger partial charge in [-0.25, -0.2) is 28.5 Å². The zero-order valence-corrected chi connectivity index (χ0v) is 19.0. The number of fused-ring (bicyclic) bond motifs is 2. The Morgan fingerprint density at radius 3 is 2.84 bits per heavy atom. The molecule has 2 aromatic heterocycles. The predicted octanol–water partition coefficient (Wildman–Crippen LogP) is 3.02. The predicted molar refractivity (Wildman–Crippen MR) is 122 cm³/mol. The summed E-state index contributed by atoms with van der Waals surface area (Å²) in [5.41, 5.74) is 4.14. The molecule has 1 fully saturated rings. The highest BCUT2D eigenvalue weighted by atomic mass is 32.2. The Kier molecular flexibility index (Phi) is 5.18. The van der Waals surface area contributed by atoms with Gasteiger partial charge < -0.3 is 10.1 Å². The molecular formula is C22H28N6O3S. The minimum absolute atomic E-state index is 0.0789. The summed E-state index contributed by atoms with van der Waals surface area (Å²) in [4.78, 5) is 13.5. The van der Waals surface area contributed by atoms with Gasteiger partial charge in [0.1, 0.15) is 12.6 Å². The van der Waals surface area contributed by atoms with E-state index in [1.165, 1.54) is 11.1 Å². The van der Waals surface area contributed by atoms with Crippen LogP contribution in [0.25, 0.3) is 11.2 Å². The lowest BCUT2D eigenvalue weighted by Gasteiger charge is -2.20. The van der Waals surface area contributed by atoms with Crippen LogP contribution in [0.5, 0.6) is 0 Å². The Morgan fingerprint density at radius 1 is 1.22 bits per heavy atom. The summed E-state index contributed by atoms with van der Waals surface area (Å²) in [6.07, 6.45) is 5.77. The van der Waals surface area contributed by atoms with Gasteiger partial charge >= 0.3 is 0 Å². The number of nitrogens with one attached hydrogen (secondary N) is 1. The van der Waals surface area contributed by atoms with Gasteiger partial charge in [0, 0.05) is 0 Å². The van der Waals surface area contributed by atoms with Gasteiger partial charge in [0.2, 0.25) is 10.0 Å². The second kappa shape index (κ2) is 7.79. The van der Waals surface area contributed by atoms with Crippen LogP contribution in [0.2, 0.25) is 0 Å². The second-order valence-corrected chi connectivity index (χ2v) is 11.1. The molecule has 0 spiro atoms. The summed E-state index contributed by atoms with van der Waals surface area (Å²) in [5, 5.41) is 8.72. The Morgan fingerprint density at radius 2 is 2.03 bits per heavy atom. The fourth-order valence-corrected chi connectivity index (χ4v) is 5.60. The van der Waals surface area contributed by atoms with Crippen molar-refractivity contribution < 1.29 is 13.2 Å². The van der Waals surface area contributed by atoms with Gasteiger partial charge in [-0.05, 0) is 42.2 Å². The summed E-state index contributed by atoms with van der Waals surface area (Å²) >= 11 is 0. The summed E-state index contributed by atoms with van der Waals surface area (Å²) < 4.78 is 30.5. The molecule has 1 aliphatic carbocycles. The van der Waals surface area contributed by atoms with Gasteiger partial charge in [-0.15, -0.1) is 0 Å². The maximum atomic E-state index is 11.3. The van der Waals surface area contributed by atoms with Crippen LogP contribution in [-0.4, -0.2) is 39.8 Å². The molecule has 0 saturated carbocycles. The molecule has 3 atom stereocenters. The number of hydrogen-bond donors (Lipinski definition) is 2. The fourth-order valence-electron chi connectivity index (χ4n) is 5.01. The summed E-state index contributed by atoms with van der Waals surface area (Å²) in [6, 6.07) is 8.68. The normalized spacial score (nSPS) is 24.7. The van der Waals surface area contributed by atoms with Crippen molar-refractivity contribution in [3.8, 4) is 0 Å². The molecule has 5 rings (SSSR count). The van der Waals surface area contributed by atoms with Crippen LogP contribution in [0.4, 0.5) is 5.82 Å². The molecule has 3 aromatic rings. The quantitative estimate of drug-likeness (QED) is 0.584. The average molecular weight is 457 g/mol. The first-order chi connectivity index (χ1) is 15.2. The number of anilines is 1. The van der Waals surface area contributed by atoms with E-state index in [0.717, 1.165) is 19.3 Å². The maximum absolute atomic E-state index is 11.3. The fraction of sp³-hybridized carbons (Fsp3) is 0.500. The van der Waals surface area contributed by atoms with Gasteiger partial charge in [0.25, 0.3) is 0 Å². The molecule has 3 heterocycles. The van der Waals surface area contributed by atoms with Crippen molar-refractivity contribution in [1.29, 1.82) is 0 Å². The molecule has 10 heteroatoms. The molecule has 1 unspecified atom stereocenters. The highest BCUT2D eigenvalue weighted by molar-refractivity contribution is 7.89. The lowest BCUT2D eigenvalue weighted by Crippen LogP contribution is -2.21. The lowest BCUT2D eigenvalue weighted by atomic mass is 9.86. The lowest BCUT2D eigenvalue weighted by molar-refractivity contribution is 0.00323. The molecule has 1 aliphatic heterocycles. The van der Waals surface area contributed by atoms with E-state index in [2.05, 4.69) is 58.4 Å². The summed E-state index contributed by atoms with van der Waals surface area (Å²) in [7, 11) is -3.49. The number of nitrogens with zero attached hydrogens (tertiary/aromatic N) is 4. The molecule has 1 aromatic carbocycles. The third kappa shape index (κ3) is 3.98. The third-order valence-corrected chi connectivity index (χ3v) is 7.37. The smallest absolute Gasteiger partial charge is 0.209 e. The van der Waals surface area contributed by atoms with Crippen molar-refractivity contribution in [2.24, 2.45) is 5.14 Å². The van der Waals surface area contributed by atoms with Gasteiger partial charge in [-0.3, -0.25) is 4.57 Å². The van der Waals surface area contributed by atoms with Crippen LogP contribution < -0.4 is 10.5 Å². The van der Waals surface area contributed by atoms with Crippen LogP contribution in [0, 0.1) is 0 Å². The molecule has 2 aliphatic rings. The minimum Gasteiger partial charge on any atom is -0.361 e. The van der Waals surface area contributed by atoms with E-state index >= 15 is 0 Å². The third-order valence-electron chi connectivity index (χ3n) is 6.57. The van der Waals surface area contributed by atoms with E-state index in [4.69, 9.17) is 9.88 Å². The highest BCUT2D eigenvalue weighted by Crippen LogP contribution is 2.46. The van der Waals surface area contributed by atoms with Crippen LogP contribution in [0.3, 0.4) is 0 Å². The van der Waals surface area contributed by atoms with Crippen molar-refractivity contribution in [1.82, 2.24) is 19.5 Å². The zero-order valence-electron chi connectivity index (χ0n) is 18.2. The number of nitrogens with two attached hydrogens (primary N) is 1. The number of primary sulfonamides is 1. The topological polar surface area (TPSA) is 125 Å². The first-order valence-electron chi connectivity index (χ1n) is 10.9. The van der Waals surface area contributed by atoms with Crippen LogP contribution in [0.15, 0.2) is 36.9 Å². The van der Waals surface area contributed by atoms with Gasteiger partial charge in [0.15, 0.2) is 17.0 Å². The van der Waals surface area contributed by atoms with E-state index in [9.17, 15) is 8.42 Å². The van der Waals surface area contributed by atoms with Crippen molar-refractivity contribution in [3.05, 3.63) is 48.0 Å². The molecule has 0 bridgehead atoms. The number of rotatable bonds is 6. The number of imidazole rings is 1. The standard InChI is InChI=1S/C22H28N6O3S/c1-22(2)11-17(15-5-3-4-6-16(15)22)27-20-19-21(25-12-24-20)28(13-26-19)18-8-7-14(31-18)9-10-32(23,29)30/h3-6,12-14,17-18H,7-11H2,1-2H3,(H2,23,29,30)(H,24,25,27)/t14-,17?,18+/m0/s1. The average Bonchev–Trinajstić information content (AvgIpc) is 3.43. The maximum Gasteiger partial charge on any atom is 0.209 e. The van der Waals surface area contributed by atoms with E-state index in [1.807, 2.05) is 4.57 Å². The molecule has 0 radical (unpaired) electrons. The molecule has 3 N–H and O–H groups in total. The van der Waals surface area contributed by atoms with E-state index in [1.54, 1.807) is 12.7 Å². The Hall–Kier alpha value is -2.56. The molecule has 0 amide bonds. The monoisotopic (exact) mass is 456 g/mol. The number of hydrogen-bond acceptors (Lipinski definition) is 7. The molecule has 9 nitrogen and oxygen atoms in total. The summed E-state index contributed by atoms with van der Waals surface area (Å²) in [5.74, 6) is 0.625. The first-order valence-corrected chi connectivity index (χ1v) is 12.6. The Bertz CT molecular complexity index is 1260. The highest BCUT2D eigenvalue weighted by Gasteiger charge is 2.37. The first kappa shape index (κ1) is 21.3. The van der Waals surface area contributed by atoms with Gasteiger partial charge in [-0.1, -0.05) is 38.1 Å². The number of sulfonamides is 1. The van der Waals surface area contributed by atoms with Crippen LogP contribution in [-0.2, 0) is 20.2 Å². The minimum atomic E-state index is -3.49. The van der Waals surface area contributed by atoms with Crippen molar-refractivity contribution >= 4 is 27.0 Å². The van der Waals surface area contributed by atoms with E-state index in [0.29, 0.717) is 23.4 Å². The number of ether oxygens (including phenoxy) is 1. The number of benzene rings is 1. The zero-order chi connectivity index (χ0) is 22.5. The van der Waals surface area contributed by atoms with Crippen molar-refractivity contribution in [2.45, 2.75) is 63.3 Å². The van der Waals surface area contributed by atoms with Gasteiger partial charge in [-0.2, -0.15) is 0 Å². The largest absolute Gasteiger partial charge is 0.361 e. The van der Waals surface area contributed by atoms with Crippen molar-refractivity contribution in [2.75, 3.05) is 11.1 Å². The van der Waals surface area contributed by atoms with E-state index < -0.39 is 10.0 Å². The Labute approximate surface area is 187 Å². The Balaban J connectivity index is 1.37. The molecular weight excluding hydrogens is 428 g/mol. The van der Waals surface area contributed by atoms with E-state index in [-0.39, 0.29) is 29.5 Å². The van der Waals surface area contributed by atoms with Crippen LogP contribution in [0.1, 0.15) is 62.9 Å². The molecule has 1 saturated heterocycles. The molecule has 32 heavy (non-hydrogen) atoms. The molecule has 170 valence electrons. The number of aromatic nitrogens is 4. The second-order valence-electron chi connectivity index (χ2n) is 9.36. The summed E-state index contributed by atoms with van der Waals surface area (Å²) in [6.45, 7) is 4.53. The van der Waals surface area contributed by atoms with Gasteiger partial charge in [0.05, 0.1) is 24.2 Å². The van der Waals surface area contributed by atoms with Crippen LogP contribution >= 0.6 is 0 Å². The SMILES string of the molecule is CC1(C)CC(Nc2ncnc3c2ncn3[C@H]2CC[C@@H](CCS(N)(=O)=O)O2)c2ccccc21. The van der Waals surface area contributed by atoms with Crippen molar-refractivity contribution in [3.63, 3.8) is 0 Å².